The molecule has 2 aromatic carbocycles. The molecular formula is C22H23N3O4S. The number of nitrogens with one attached hydrogen (secondary N) is 2. The van der Waals surface area contributed by atoms with E-state index in [0.717, 1.165) is 16.3 Å². The molecule has 0 unspecified atom stereocenters. The number of urea groups is 1. The third-order valence-corrected chi connectivity index (χ3v) is 5.23. The van der Waals surface area contributed by atoms with E-state index >= 15 is 0 Å². The van der Waals surface area contributed by atoms with E-state index in [4.69, 9.17) is 14.2 Å². The van der Waals surface area contributed by atoms with E-state index in [1.54, 1.807) is 69.6 Å². The Kier molecular flexibility index (Phi) is 7.40. The van der Waals surface area contributed by atoms with Crippen molar-refractivity contribution in [2.45, 2.75) is 10.6 Å². The average molecular weight is 426 g/mol. The monoisotopic (exact) mass is 425 g/mol. The molecule has 0 bridgehead atoms. The predicted molar refractivity (Wildman–Crippen MR) is 119 cm³/mol. The van der Waals surface area contributed by atoms with Gasteiger partial charge in [-0.05, 0) is 48.5 Å². The third kappa shape index (κ3) is 5.57. The van der Waals surface area contributed by atoms with Gasteiger partial charge in [0.1, 0.15) is 5.75 Å². The van der Waals surface area contributed by atoms with Crippen molar-refractivity contribution in [1.82, 2.24) is 4.98 Å². The highest BCUT2D eigenvalue weighted by Gasteiger charge is 2.11. The molecule has 0 aliphatic rings. The second kappa shape index (κ2) is 10.4. The van der Waals surface area contributed by atoms with Gasteiger partial charge in [0.2, 0.25) is 0 Å². The summed E-state index contributed by atoms with van der Waals surface area (Å²) in [6.07, 6.45) is 1.70. The van der Waals surface area contributed by atoms with Crippen molar-refractivity contribution in [3.63, 3.8) is 0 Å². The van der Waals surface area contributed by atoms with Gasteiger partial charge in [-0.3, -0.25) is 4.98 Å². The van der Waals surface area contributed by atoms with Crippen molar-refractivity contribution in [2.24, 2.45) is 0 Å². The number of nitrogens with zero attached hydrogens (tertiary/aromatic N) is 1. The van der Waals surface area contributed by atoms with Crippen LogP contribution in [0.5, 0.6) is 17.2 Å². The number of benzene rings is 2. The Hall–Kier alpha value is -3.39. The number of thioether (sulfide) groups is 1. The van der Waals surface area contributed by atoms with Crippen LogP contribution in [0.25, 0.3) is 0 Å². The van der Waals surface area contributed by atoms with Crippen LogP contribution in [0.4, 0.5) is 16.2 Å². The largest absolute Gasteiger partial charge is 0.497 e. The van der Waals surface area contributed by atoms with Crippen molar-refractivity contribution in [1.29, 1.82) is 0 Å². The molecule has 0 aliphatic heterocycles. The Morgan fingerprint density at radius 2 is 1.50 bits per heavy atom. The van der Waals surface area contributed by atoms with Gasteiger partial charge in [0, 0.05) is 34.3 Å². The van der Waals surface area contributed by atoms with Gasteiger partial charge in [-0.15, -0.1) is 11.8 Å². The zero-order chi connectivity index (χ0) is 21.3. The second-order valence-electron chi connectivity index (χ2n) is 6.11. The van der Waals surface area contributed by atoms with E-state index in [1.165, 1.54) is 0 Å². The molecular weight excluding hydrogens is 402 g/mol. The Morgan fingerprint density at radius 3 is 2.07 bits per heavy atom. The number of hydrogen-bond donors (Lipinski definition) is 2. The predicted octanol–water partition coefficient (Wildman–Crippen LogP) is 5.04. The smallest absolute Gasteiger partial charge is 0.323 e. The van der Waals surface area contributed by atoms with Crippen LogP contribution in [0.1, 0.15) is 5.69 Å². The summed E-state index contributed by atoms with van der Waals surface area (Å²) in [4.78, 5) is 17.6. The van der Waals surface area contributed by atoms with Crippen LogP contribution in [0.3, 0.4) is 0 Å². The van der Waals surface area contributed by atoms with E-state index in [9.17, 15) is 4.79 Å². The van der Waals surface area contributed by atoms with Gasteiger partial charge in [-0.25, -0.2) is 4.79 Å². The van der Waals surface area contributed by atoms with Crippen molar-refractivity contribution in [3.05, 3.63) is 66.5 Å². The van der Waals surface area contributed by atoms with Crippen molar-refractivity contribution in [3.8, 4) is 17.2 Å². The third-order valence-electron chi connectivity index (χ3n) is 4.20. The van der Waals surface area contributed by atoms with Gasteiger partial charge in [-0.1, -0.05) is 0 Å². The molecule has 0 atom stereocenters. The highest BCUT2D eigenvalue weighted by molar-refractivity contribution is 7.98. The van der Waals surface area contributed by atoms with Crippen LogP contribution in [0.15, 0.2) is 65.7 Å². The zero-order valence-electron chi connectivity index (χ0n) is 17.0. The van der Waals surface area contributed by atoms with Crippen LogP contribution in [-0.2, 0) is 5.75 Å². The maximum absolute atomic E-state index is 12.2. The molecule has 0 saturated heterocycles. The van der Waals surface area contributed by atoms with Crippen LogP contribution in [0, 0.1) is 0 Å². The first kappa shape index (κ1) is 21.3. The van der Waals surface area contributed by atoms with E-state index in [-0.39, 0.29) is 6.03 Å². The normalized spacial score (nSPS) is 10.2. The maximum atomic E-state index is 12.2. The quantitative estimate of drug-likeness (QED) is 0.492. The lowest BCUT2D eigenvalue weighted by molar-refractivity contribution is 0.262. The zero-order valence-corrected chi connectivity index (χ0v) is 17.8. The van der Waals surface area contributed by atoms with Gasteiger partial charge in [0.15, 0.2) is 11.5 Å². The molecule has 2 amide bonds. The Morgan fingerprint density at radius 1 is 0.867 bits per heavy atom. The fraction of sp³-hybridized carbons (Fsp3) is 0.182. The molecule has 1 heterocycles. The van der Waals surface area contributed by atoms with E-state index in [2.05, 4.69) is 15.6 Å². The standard InChI is InChI=1S/C22H23N3O4S/c1-27-17-8-4-15(5-9-17)24-22(26)25-16-6-10-18(11-7-16)30-14-19-21(29-3)20(28-2)12-13-23-19/h4-13H,14H2,1-3H3,(H2,24,25,26). The summed E-state index contributed by atoms with van der Waals surface area (Å²) in [7, 11) is 4.80. The molecule has 7 nitrogen and oxygen atoms in total. The second-order valence-corrected chi connectivity index (χ2v) is 7.16. The van der Waals surface area contributed by atoms with E-state index in [1.807, 2.05) is 24.3 Å². The van der Waals surface area contributed by atoms with Crippen molar-refractivity contribution in [2.75, 3.05) is 32.0 Å². The number of carbonyl (C=O) groups is 1. The van der Waals surface area contributed by atoms with Crippen LogP contribution in [0.2, 0.25) is 0 Å². The lowest BCUT2D eigenvalue weighted by atomic mass is 10.3. The van der Waals surface area contributed by atoms with Crippen LogP contribution in [-0.4, -0.2) is 32.3 Å². The first-order valence-corrected chi connectivity index (χ1v) is 10.1. The van der Waals surface area contributed by atoms with Gasteiger partial charge in [-0.2, -0.15) is 0 Å². The van der Waals surface area contributed by atoms with E-state index in [0.29, 0.717) is 28.6 Å². The number of carbonyl (C=O) groups excluding carboxylic acids is 1. The number of pyridine rings is 1. The maximum Gasteiger partial charge on any atom is 0.323 e. The highest BCUT2D eigenvalue weighted by atomic mass is 32.2. The summed E-state index contributed by atoms with van der Waals surface area (Å²) in [6, 6.07) is 16.2. The number of ether oxygens (including phenoxy) is 3. The van der Waals surface area contributed by atoms with Crippen LogP contribution < -0.4 is 24.8 Å². The summed E-state index contributed by atoms with van der Waals surface area (Å²) < 4.78 is 15.8. The van der Waals surface area contributed by atoms with Crippen molar-refractivity contribution >= 4 is 29.2 Å². The molecule has 156 valence electrons. The molecule has 0 fully saturated rings. The summed E-state index contributed by atoms with van der Waals surface area (Å²) in [5.41, 5.74) is 2.19. The molecule has 0 radical (unpaired) electrons. The minimum absolute atomic E-state index is 0.314. The molecule has 0 aliphatic carbocycles. The first-order chi connectivity index (χ1) is 14.6. The van der Waals surface area contributed by atoms with Gasteiger partial charge in [0.25, 0.3) is 0 Å². The molecule has 8 heteroatoms. The minimum Gasteiger partial charge on any atom is -0.497 e. The molecule has 2 N–H and O–H groups in total. The molecule has 0 saturated carbocycles. The fourth-order valence-electron chi connectivity index (χ4n) is 2.71. The molecule has 30 heavy (non-hydrogen) atoms. The molecule has 1 aromatic heterocycles. The van der Waals surface area contributed by atoms with Crippen LogP contribution >= 0.6 is 11.8 Å². The SMILES string of the molecule is COc1ccc(NC(=O)Nc2ccc(SCc3nccc(OC)c3OC)cc2)cc1. The highest BCUT2D eigenvalue weighted by Crippen LogP contribution is 2.33. The lowest BCUT2D eigenvalue weighted by Gasteiger charge is -2.11. The number of amides is 2. The fourth-order valence-corrected chi connectivity index (χ4v) is 3.54. The minimum atomic E-state index is -0.314. The lowest BCUT2D eigenvalue weighted by Crippen LogP contribution is -2.19. The summed E-state index contributed by atoms with van der Waals surface area (Å²) >= 11 is 1.62. The van der Waals surface area contributed by atoms with E-state index < -0.39 is 0 Å². The van der Waals surface area contributed by atoms with Crippen molar-refractivity contribution < 1.29 is 19.0 Å². The summed E-state index contributed by atoms with van der Waals surface area (Å²) in [5.74, 6) is 2.66. The Balaban J connectivity index is 1.55. The topological polar surface area (TPSA) is 81.7 Å². The molecule has 3 aromatic rings. The average Bonchev–Trinajstić information content (AvgIpc) is 2.78. The Labute approximate surface area is 179 Å². The number of hydrogen-bond acceptors (Lipinski definition) is 6. The molecule has 0 spiro atoms. The van der Waals surface area contributed by atoms with Gasteiger partial charge in [0.05, 0.1) is 27.0 Å². The molecule has 3 rings (SSSR count). The number of rotatable bonds is 8. The number of methoxy groups -OCH3 is 3. The number of anilines is 2. The number of aromatic nitrogens is 1. The Bertz CT molecular complexity index is 979. The van der Waals surface area contributed by atoms with Gasteiger partial charge < -0.3 is 24.8 Å². The summed E-state index contributed by atoms with van der Waals surface area (Å²) in [5, 5.41) is 5.60. The first-order valence-electron chi connectivity index (χ1n) is 9.13. The van der Waals surface area contributed by atoms with Gasteiger partial charge >= 0.3 is 6.03 Å². The summed E-state index contributed by atoms with van der Waals surface area (Å²) in [6.45, 7) is 0.